The zero-order chi connectivity index (χ0) is 12.3. The van der Waals surface area contributed by atoms with Crippen LogP contribution in [0.25, 0.3) is 0 Å². The van der Waals surface area contributed by atoms with Gasteiger partial charge in [0.15, 0.2) is 11.6 Å². The standard InChI is InChI=1S/C11H12F3NOS/c12-9-5-7(15-8-3-4-17-6-8)1-2-10(9)16-11(13)14/h1-2,5,8,11,15H,3-4,6H2. The highest BCUT2D eigenvalue weighted by Gasteiger charge is 2.16. The number of anilines is 1. The predicted molar refractivity (Wildman–Crippen MR) is 62.4 cm³/mol. The number of hydrogen-bond donors (Lipinski definition) is 1. The molecule has 0 saturated carbocycles. The van der Waals surface area contributed by atoms with Crippen LogP contribution in [0.4, 0.5) is 18.9 Å². The molecular weight excluding hydrogens is 251 g/mol. The molecule has 1 aliphatic rings. The molecule has 0 bridgehead atoms. The molecule has 0 amide bonds. The molecular formula is C11H12F3NOS. The molecule has 0 radical (unpaired) electrons. The van der Waals surface area contributed by atoms with Gasteiger partial charge in [0.25, 0.3) is 0 Å². The Morgan fingerprint density at radius 2 is 2.24 bits per heavy atom. The second-order valence-electron chi connectivity index (χ2n) is 3.73. The van der Waals surface area contributed by atoms with Gasteiger partial charge in [-0.1, -0.05) is 0 Å². The molecule has 0 aromatic heterocycles. The number of benzene rings is 1. The first-order valence-corrected chi connectivity index (χ1v) is 6.39. The highest BCUT2D eigenvalue weighted by atomic mass is 32.2. The highest BCUT2D eigenvalue weighted by molar-refractivity contribution is 7.99. The van der Waals surface area contributed by atoms with Crippen molar-refractivity contribution < 1.29 is 17.9 Å². The maximum atomic E-state index is 13.4. The number of rotatable bonds is 4. The summed E-state index contributed by atoms with van der Waals surface area (Å²) in [4.78, 5) is 0. The van der Waals surface area contributed by atoms with Crippen LogP contribution in [0.3, 0.4) is 0 Å². The molecule has 2 nitrogen and oxygen atoms in total. The molecule has 1 saturated heterocycles. The smallest absolute Gasteiger partial charge is 0.387 e. The fraction of sp³-hybridized carbons (Fsp3) is 0.455. The molecule has 1 unspecified atom stereocenters. The number of ether oxygens (including phenoxy) is 1. The summed E-state index contributed by atoms with van der Waals surface area (Å²) in [7, 11) is 0. The number of thioether (sulfide) groups is 1. The first-order valence-electron chi connectivity index (χ1n) is 5.24. The molecule has 1 heterocycles. The number of hydrogen-bond acceptors (Lipinski definition) is 3. The van der Waals surface area contributed by atoms with Crippen LogP contribution < -0.4 is 10.1 Å². The van der Waals surface area contributed by atoms with E-state index in [1.807, 2.05) is 11.8 Å². The average molecular weight is 263 g/mol. The van der Waals surface area contributed by atoms with Crippen LogP contribution in [-0.4, -0.2) is 24.2 Å². The summed E-state index contributed by atoms with van der Waals surface area (Å²) in [5, 5.41) is 3.16. The Balaban J connectivity index is 2.02. The van der Waals surface area contributed by atoms with Gasteiger partial charge in [-0.15, -0.1) is 0 Å². The Morgan fingerprint density at radius 3 is 2.82 bits per heavy atom. The van der Waals surface area contributed by atoms with Crippen LogP contribution in [0.15, 0.2) is 18.2 Å². The van der Waals surface area contributed by atoms with Gasteiger partial charge in [0.2, 0.25) is 0 Å². The highest BCUT2D eigenvalue weighted by Crippen LogP contribution is 2.25. The number of nitrogens with one attached hydrogen (secondary N) is 1. The lowest BCUT2D eigenvalue weighted by Crippen LogP contribution is -2.18. The van der Waals surface area contributed by atoms with Gasteiger partial charge in [-0.05, 0) is 24.3 Å². The van der Waals surface area contributed by atoms with Gasteiger partial charge in [0.05, 0.1) is 0 Å². The van der Waals surface area contributed by atoms with E-state index >= 15 is 0 Å². The summed E-state index contributed by atoms with van der Waals surface area (Å²) in [5.41, 5.74) is 0.594. The van der Waals surface area contributed by atoms with Crippen molar-refractivity contribution in [1.29, 1.82) is 0 Å². The van der Waals surface area contributed by atoms with Crippen molar-refractivity contribution >= 4 is 17.4 Å². The van der Waals surface area contributed by atoms with E-state index < -0.39 is 18.2 Å². The topological polar surface area (TPSA) is 21.3 Å². The number of halogens is 3. The molecule has 1 N–H and O–H groups in total. The van der Waals surface area contributed by atoms with Crippen molar-refractivity contribution in [2.75, 3.05) is 16.8 Å². The van der Waals surface area contributed by atoms with E-state index in [9.17, 15) is 13.2 Å². The van der Waals surface area contributed by atoms with Crippen molar-refractivity contribution in [3.63, 3.8) is 0 Å². The summed E-state index contributed by atoms with van der Waals surface area (Å²) < 4.78 is 41.3. The third-order valence-corrected chi connectivity index (χ3v) is 3.61. The van der Waals surface area contributed by atoms with Crippen LogP contribution in [0.2, 0.25) is 0 Å². The van der Waals surface area contributed by atoms with E-state index in [4.69, 9.17) is 0 Å². The van der Waals surface area contributed by atoms with Gasteiger partial charge in [-0.2, -0.15) is 20.5 Å². The number of alkyl halides is 2. The third-order valence-electron chi connectivity index (χ3n) is 2.45. The molecule has 1 aliphatic heterocycles. The van der Waals surface area contributed by atoms with Gasteiger partial charge < -0.3 is 10.1 Å². The molecule has 1 aromatic carbocycles. The van der Waals surface area contributed by atoms with E-state index in [0.29, 0.717) is 11.7 Å². The minimum absolute atomic E-state index is 0.321. The average Bonchev–Trinajstić information content (AvgIpc) is 2.74. The fourth-order valence-electron chi connectivity index (χ4n) is 1.67. The zero-order valence-electron chi connectivity index (χ0n) is 8.96. The molecule has 0 aliphatic carbocycles. The molecule has 6 heteroatoms. The lowest BCUT2D eigenvalue weighted by Gasteiger charge is -2.13. The maximum Gasteiger partial charge on any atom is 0.387 e. The molecule has 1 fully saturated rings. The largest absolute Gasteiger partial charge is 0.432 e. The molecule has 2 rings (SSSR count). The van der Waals surface area contributed by atoms with Crippen LogP contribution >= 0.6 is 11.8 Å². The third kappa shape index (κ3) is 3.46. The molecule has 17 heavy (non-hydrogen) atoms. The van der Waals surface area contributed by atoms with Crippen molar-refractivity contribution in [3.05, 3.63) is 24.0 Å². The van der Waals surface area contributed by atoms with Gasteiger partial charge in [-0.3, -0.25) is 0 Å². The van der Waals surface area contributed by atoms with Crippen molar-refractivity contribution in [3.8, 4) is 5.75 Å². The van der Waals surface area contributed by atoms with Crippen LogP contribution in [-0.2, 0) is 0 Å². The second-order valence-corrected chi connectivity index (χ2v) is 4.88. The minimum Gasteiger partial charge on any atom is -0.432 e. The van der Waals surface area contributed by atoms with Gasteiger partial charge in [0, 0.05) is 23.5 Å². The van der Waals surface area contributed by atoms with E-state index in [0.717, 1.165) is 17.9 Å². The Hall–Kier alpha value is -1.04. The monoisotopic (exact) mass is 263 g/mol. The minimum atomic E-state index is -3.01. The van der Waals surface area contributed by atoms with Crippen LogP contribution in [0, 0.1) is 5.82 Å². The predicted octanol–water partition coefficient (Wildman–Crippen LogP) is 3.34. The Morgan fingerprint density at radius 1 is 1.41 bits per heavy atom. The van der Waals surface area contributed by atoms with Crippen molar-refractivity contribution in [1.82, 2.24) is 0 Å². The quantitative estimate of drug-likeness (QED) is 0.900. The van der Waals surface area contributed by atoms with Gasteiger partial charge in [0.1, 0.15) is 0 Å². The van der Waals surface area contributed by atoms with Gasteiger partial charge in [-0.25, -0.2) is 4.39 Å². The Bertz CT molecular complexity index is 383. The summed E-state index contributed by atoms with van der Waals surface area (Å²) in [6.45, 7) is -3.01. The molecule has 1 atom stereocenters. The fourth-order valence-corrected chi connectivity index (χ4v) is 2.82. The molecule has 94 valence electrons. The Labute approximate surface area is 102 Å². The molecule has 1 aromatic rings. The first-order chi connectivity index (χ1) is 8.15. The summed E-state index contributed by atoms with van der Waals surface area (Å²) in [5.74, 6) is 0.871. The summed E-state index contributed by atoms with van der Waals surface area (Å²) >= 11 is 1.84. The van der Waals surface area contributed by atoms with E-state index in [1.54, 1.807) is 6.07 Å². The summed E-state index contributed by atoms with van der Waals surface area (Å²) in [6, 6.07) is 4.26. The lowest BCUT2D eigenvalue weighted by atomic mass is 10.2. The van der Waals surface area contributed by atoms with Crippen LogP contribution in [0.1, 0.15) is 6.42 Å². The maximum absolute atomic E-state index is 13.4. The normalized spacial score (nSPS) is 19.6. The Kier molecular flexibility index (Phi) is 4.04. The van der Waals surface area contributed by atoms with Gasteiger partial charge >= 0.3 is 6.61 Å². The molecule has 0 spiro atoms. The zero-order valence-corrected chi connectivity index (χ0v) is 9.77. The summed E-state index contributed by atoms with van der Waals surface area (Å²) in [6.07, 6.45) is 1.03. The second kappa shape index (κ2) is 5.53. The van der Waals surface area contributed by atoms with E-state index in [-0.39, 0.29) is 0 Å². The first kappa shape index (κ1) is 12.4. The van der Waals surface area contributed by atoms with Crippen molar-refractivity contribution in [2.24, 2.45) is 0 Å². The van der Waals surface area contributed by atoms with Crippen LogP contribution in [0.5, 0.6) is 5.75 Å². The SMILES string of the molecule is Fc1cc(NC2CCSC2)ccc1OC(F)F. The van der Waals surface area contributed by atoms with E-state index in [2.05, 4.69) is 10.1 Å². The van der Waals surface area contributed by atoms with Crippen molar-refractivity contribution in [2.45, 2.75) is 19.1 Å². The lowest BCUT2D eigenvalue weighted by molar-refractivity contribution is -0.0521. The van der Waals surface area contributed by atoms with E-state index in [1.165, 1.54) is 12.1 Å².